The Hall–Kier alpha value is -0.780. The highest BCUT2D eigenvalue weighted by atomic mass is 35.5. The largest absolute Gasteiger partial charge is 1.00 e. The molecule has 2 aliphatic rings. The fraction of sp³-hybridized carbons (Fsp3) is 0.143. The summed E-state index contributed by atoms with van der Waals surface area (Å²) >= 11 is 1.30. The molecule has 0 saturated heterocycles. The van der Waals surface area contributed by atoms with Gasteiger partial charge in [0.2, 0.25) is 0 Å². The molecule has 0 saturated carbocycles. The normalized spacial score (nSPS) is 24.2. The van der Waals surface area contributed by atoms with Gasteiger partial charge in [0.05, 0.1) is 0 Å². The van der Waals surface area contributed by atoms with Crippen molar-refractivity contribution in [3.8, 4) is 0 Å². The molecule has 0 aromatic heterocycles. The molecule has 0 fully saturated rings. The molecule has 0 spiro atoms. The molecule has 6 heteroatoms. The highest BCUT2D eigenvalue weighted by molar-refractivity contribution is 8.07. The van der Waals surface area contributed by atoms with Crippen molar-refractivity contribution in [1.82, 2.24) is 0 Å². The van der Waals surface area contributed by atoms with Crippen LogP contribution in [0.15, 0.2) is 27.2 Å². The van der Waals surface area contributed by atoms with Gasteiger partial charge < -0.3 is 17.5 Å². The lowest BCUT2D eigenvalue weighted by Crippen LogP contribution is -3.04. The maximum Gasteiger partial charge on any atom is 0.348 e. The third-order valence-corrected chi connectivity index (χ3v) is 2.78. The monoisotopic (exact) mass is 218 g/mol. The Morgan fingerprint density at radius 2 is 2.46 bits per heavy atom. The van der Waals surface area contributed by atoms with Crippen LogP contribution in [0.3, 0.4) is 0 Å². The smallest absolute Gasteiger partial charge is 0.348 e. The Bertz CT molecular complexity index is 324. The number of hydrogen-bond donors (Lipinski definition) is 2. The number of fused-ring (bicyclic) bond motifs is 1. The van der Waals surface area contributed by atoms with Crippen molar-refractivity contribution < 1.29 is 27.2 Å². The summed E-state index contributed by atoms with van der Waals surface area (Å²) in [4.78, 5) is 16.0. The molecule has 2 rings (SSSR count). The first kappa shape index (κ1) is 10.3. The highest BCUT2D eigenvalue weighted by Crippen LogP contribution is 2.25. The van der Waals surface area contributed by atoms with E-state index in [4.69, 9.17) is 5.11 Å². The number of nitrogens with one attached hydrogen (secondary N) is 1. The lowest BCUT2D eigenvalue weighted by atomic mass is 10.5. The van der Waals surface area contributed by atoms with E-state index in [1.807, 2.05) is 6.08 Å². The van der Waals surface area contributed by atoms with Crippen LogP contribution in [0.5, 0.6) is 0 Å². The SMILES string of the molecule is O=C(O)C1=C[NH+]2CN=CC=C2S1.[Cl-]. The number of halogens is 1. The molecule has 2 aliphatic heterocycles. The predicted octanol–water partition coefficient (Wildman–Crippen LogP) is -3.57. The van der Waals surface area contributed by atoms with Crippen molar-refractivity contribution in [2.75, 3.05) is 6.67 Å². The van der Waals surface area contributed by atoms with E-state index in [9.17, 15) is 4.79 Å². The molecule has 0 amide bonds. The van der Waals surface area contributed by atoms with Gasteiger partial charge in [0.1, 0.15) is 6.20 Å². The summed E-state index contributed by atoms with van der Waals surface area (Å²) in [7, 11) is 0. The van der Waals surface area contributed by atoms with Gasteiger partial charge in [-0.25, -0.2) is 9.79 Å². The number of aliphatic imine (C=N–C) groups is 1. The summed E-state index contributed by atoms with van der Waals surface area (Å²) in [5, 5.41) is 9.71. The first-order valence-electron chi connectivity index (χ1n) is 3.46. The Kier molecular flexibility index (Phi) is 3.13. The topological polar surface area (TPSA) is 54.1 Å². The maximum atomic E-state index is 10.6. The number of nitrogens with zero attached hydrogens (tertiary/aromatic N) is 1. The van der Waals surface area contributed by atoms with Gasteiger partial charge in [-0.15, -0.1) is 0 Å². The van der Waals surface area contributed by atoms with Crippen LogP contribution in [0, 0.1) is 0 Å². The number of quaternary nitrogens is 1. The fourth-order valence-corrected chi connectivity index (χ4v) is 1.99. The van der Waals surface area contributed by atoms with Gasteiger partial charge in [0, 0.05) is 12.3 Å². The van der Waals surface area contributed by atoms with Gasteiger partial charge >= 0.3 is 5.97 Å². The number of hydrogen-bond acceptors (Lipinski definition) is 3. The average molecular weight is 219 g/mol. The Morgan fingerprint density at radius 1 is 1.69 bits per heavy atom. The summed E-state index contributed by atoms with van der Waals surface area (Å²) in [6.45, 7) is 0.607. The highest BCUT2D eigenvalue weighted by Gasteiger charge is 2.29. The number of allylic oxidation sites excluding steroid dienone is 1. The molecule has 1 atom stereocenters. The van der Waals surface area contributed by atoms with Crippen molar-refractivity contribution in [1.29, 1.82) is 0 Å². The minimum Gasteiger partial charge on any atom is -1.00 e. The molecule has 0 aromatic rings. The van der Waals surface area contributed by atoms with Crippen LogP contribution in [0.25, 0.3) is 0 Å². The van der Waals surface area contributed by atoms with Crippen LogP contribution in [0.2, 0.25) is 0 Å². The van der Waals surface area contributed by atoms with Crippen LogP contribution < -0.4 is 17.3 Å². The second-order valence-corrected chi connectivity index (χ2v) is 3.55. The van der Waals surface area contributed by atoms with E-state index >= 15 is 0 Å². The van der Waals surface area contributed by atoms with Gasteiger partial charge in [-0.1, -0.05) is 0 Å². The average Bonchev–Trinajstić information content (AvgIpc) is 2.46. The van der Waals surface area contributed by atoms with Gasteiger partial charge in [0.25, 0.3) is 0 Å². The molecule has 2 N–H and O–H groups in total. The molecule has 1 unspecified atom stereocenters. The lowest BCUT2D eigenvalue weighted by molar-refractivity contribution is -0.793. The van der Waals surface area contributed by atoms with Crippen molar-refractivity contribution in [3.05, 3.63) is 22.2 Å². The second-order valence-electron chi connectivity index (χ2n) is 2.46. The van der Waals surface area contributed by atoms with Crippen molar-refractivity contribution in [2.45, 2.75) is 0 Å². The van der Waals surface area contributed by atoms with E-state index in [1.54, 1.807) is 12.4 Å². The number of thioether (sulfide) groups is 1. The third-order valence-electron chi connectivity index (χ3n) is 1.65. The van der Waals surface area contributed by atoms with Gasteiger partial charge in [-0.3, -0.25) is 4.90 Å². The van der Waals surface area contributed by atoms with Gasteiger partial charge in [-0.05, 0) is 11.8 Å². The van der Waals surface area contributed by atoms with E-state index in [-0.39, 0.29) is 12.4 Å². The third kappa shape index (κ3) is 1.93. The van der Waals surface area contributed by atoms with Crippen LogP contribution in [-0.2, 0) is 4.79 Å². The molecule has 0 bridgehead atoms. The van der Waals surface area contributed by atoms with Crippen molar-refractivity contribution in [3.63, 3.8) is 0 Å². The maximum absolute atomic E-state index is 10.6. The molecule has 0 aliphatic carbocycles. The standard InChI is InChI=1S/C7H6N2O2S.ClH/c10-7(11)5-3-9-4-8-2-1-6(9)12-5;/h1-3H,4H2,(H,10,11);1H. The van der Waals surface area contributed by atoms with Crippen LogP contribution >= 0.6 is 11.8 Å². The molecular weight excluding hydrogens is 212 g/mol. The number of aliphatic carboxylic acids is 1. The summed E-state index contributed by atoms with van der Waals surface area (Å²) in [5.74, 6) is -0.859. The number of carbonyl (C=O) groups is 1. The van der Waals surface area contributed by atoms with Crippen molar-refractivity contribution >= 4 is 23.9 Å². The quantitative estimate of drug-likeness (QED) is 0.479. The van der Waals surface area contributed by atoms with E-state index in [0.717, 1.165) is 9.93 Å². The Balaban J connectivity index is 0.000000845. The predicted molar refractivity (Wildman–Crippen MR) is 45.7 cm³/mol. The van der Waals surface area contributed by atoms with E-state index in [2.05, 4.69) is 4.99 Å². The first-order chi connectivity index (χ1) is 5.77. The number of carboxylic acid groups (broad SMARTS) is 1. The van der Waals surface area contributed by atoms with E-state index in [0.29, 0.717) is 11.6 Å². The minimum absolute atomic E-state index is 0. The summed E-state index contributed by atoms with van der Waals surface area (Å²) < 4.78 is 0. The zero-order valence-corrected chi connectivity index (χ0v) is 8.10. The molecule has 4 nitrogen and oxygen atoms in total. The van der Waals surface area contributed by atoms with Crippen LogP contribution in [-0.4, -0.2) is 24.0 Å². The lowest BCUT2D eigenvalue weighted by Gasteiger charge is -2.09. The number of rotatable bonds is 1. The van der Waals surface area contributed by atoms with Crippen LogP contribution in [0.1, 0.15) is 0 Å². The molecule has 70 valence electrons. The van der Waals surface area contributed by atoms with Gasteiger partial charge in [-0.2, -0.15) is 0 Å². The van der Waals surface area contributed by atoms with E-state index in [1.165, 1.54) is 11.8 Å². The molecule has 13 heavy (non-hydrogen) atoms. The zero-order valence-electron chi connectivity index (χ0n) is 6.53. The fourth-order valence-electron chi connectivity index (χ4n) is 1.08. The first-order valence-corrected chi connectivity index (χ1v) is 4.28. The number of carboxylic acids is 1. The minimum atomic E-state index is -0.859. The second kappa shape index (κ2) is 3.95. The summed E-state index contributed by atoms with van der Waals surface area (Å²) in [6, 6.07) is 0. The Morgan fingerprint density at radius 3 is 3.08 bits per heavy atom. The summed E-state index contributed by atoms with van der Waals surface area (Å²) in [5.41, 5.74) is 0. The Labute approximate surface area is 85.4 Å². The zero-order chi connectivity index (χ0) is 8.55. The van der Waals surface area contributed by atoms with E-state index < -0.39 is 5.97 Å². The molecule has 0 radical (unpaired) electrons. The van der Waals surface area contributed by atoms with Gasteiger partial charge in [0.15, 0.2) is 16.6 Å². The molecule has 2 heterocycles. The van der Waals surface area contributed by atoms with Crippen molar-refractivity contribution in [2.24, 2.45) is 4.99 Å². The van der Waals surface area contributed by atoms with Crippen LogP contribution in [0.4, 0.5) is 0 Å². The molecule has 0 aromatic carbocycles. The summed E-state index contributed by atoms with van der Waals surface area (Å²) in [6.07, 6.45) is 5.25. The molecular formula is C7H7ClN2O2S.